The lowest BCUT2D eigenvalue weighted by atomic mass is 10.1. The van der Waals surface area contributed by atoms with Gasteiger partial charge in [-0.05, 0) is 57.4 Å². The molecule has 3 aliphatic rings. The number of amides is 2. The summed E-state index contributed by atoms with van der Waals surface area (Å²) in [6.45, 7) is 7.86. The number of piperidine rings is 1. The fourth-order valence-corrected chi connectivity index (χ4v) is 5.00. The molecule has 6 heterocycles. The first kappa shape index (κ1) is 19.0. The lowest BCUT2D eigenvalue weighted by molar-refractivity contribution is 0.253. The van der Waals surface area contributed by atoms with E-state index in [0.29, 0.717) is 5.13 Å². The van der Waals surface area contributed by atoms with Gasteiger partial charge in [0.25, 0.3) is 0 Å². The van der Waals surface area contributed by atoms with Crippen LogP contribution >= 0.6 is 11.3 Å². The van der Waals surface area contributed by atoms with Crippen molar-refractivity contribution in [3.05, 3.63) is 46.7 Å². The summed E-state index contributed by atoms with van der Waals surface area (Å²) in [6, 6.07) is 6.15. The number of hydrogen-bond donors (Lipinski definition) is 1. The summed E-state index contributed by atoms with van der Waals surface area (Å²) in [5.74, 6) is 0.719. The van der Waals surface area contributed by atoms with Gasteiger partial charge in [-0.25, -0.2) is 14.8 Å². The van der Waals surface area contributed by atoms with Crippen molar-refractivity contribution in [3.8, 4) is 11.3 Å². The summed E-state index contributed by atoms with van der Waals surface area (Å²) in [6.07, 6.45) is 5.51. The number of carbonyl (C=O) groups excluding carboxylic acids is 1. The first-order valence-corrected chi connectivity index (χ1v) is 11.0. The average Bonchev–Trinajstić information content (AvgIpc) is 2.90. The molecule has 30 heavy (non-hydrogen) atoms. The maximum atomic E-state index is 13.4. The largest absolute Gasteiger partial charge is 0.368 e. The minimum atomic E-state index is -0.161. The molecule has 6 rings (SSSR count). The minimum absolute atomic E-state index is 0.128. The Morgan fingerprint density at radius 3 is 2.63 bits per heavy atom. The van der Waals surface area contributed by atoms with Gasteiger partial charge in [0, 0.05) is 42.0 Å². The van der Waals surface area contributed by atoms with E-state index >= 15 is 0 Å². The van der Waals surface area contributed by atoms with Gasteiger partial charge in [0.1, 0.15) is 0 Å². The topological polar surface area (TPSA) is 74.2 Å². The number of nitrogens with zero attached hydrogens (tertiary/aromatic N) is 5. The molecule has 0 atom stereocenters. The number of hydrogen-bond acceptors (Lipinski definition) is 6. The second-order valence-electron chi connectivity index (χ2n) is 7.97. The Morgan fingerprint density at radius 2 is 1.93 bits per heavy atom. The Bertz CT molecular complexity index is 1100. The van der Waals surface area contributed by atoms with Crippen molar-refractivity contribution in [1.29, 1.82) is 0 Å². The third kappa shape index (κ3) is 3.31. The van der Waals surface area contributed by atoms with Crippen LogP contribution in [0.15, 0.2) is 30.6 Å². The monoisotopic (exact) mass is 420 g/mol. The summed E-state index contributed by atoms with van der Waals surface area (Å²) in [5.41, 5.74) is 4.83. The Morgan fingerprint density at radius 1 is 1.13 bits per heavy atom. The lowest BCUT2D eigenvalue weighted by Gasteiger charge is -2.31. The van der Waals surface area contributed by atoms with Crippen LogP contribution in [-0.2, 0) is 0 Å². The van der Waals surface area contributed by atoms with Gasteiger partial charge in [0.05, 0.1) is 17.1 Å². The van der Waals surface area contributed by atoms with Crippen LogP contribution in [0.3, 0.4) is 0 Å². The van der Waals surface area contributed by atoms with Crippen LogP contribution in [0.5, 0.6) is 0 Å². The van der Waals surface area contributed by atoms with Crippen LogP contribution in [0.2, 0.25) is 0 Å². The molecule has 3 aromatic rings. The van der Waals surface area contributed by atoms with Crippen molar-refractivity contribution < 1.29 is 4.79 Å². The molecule has 8 heteroatoms. The first-order valence-electron chi connectivity index (χ1n) is 10.2. The molecule has 1 fully saturated rings. The van der Waals surface area contributed by atoms with E-state index in [9.17, 15) is 4.79 Å². The molecule has 1 saturated heterocycles. The number of anilines is 3. The SMILES string of the molecule is Cc1cncc(-c2ccc3c(n2)N(C(=O)Nc2nc(C)c(C)s2)C2CCN3CC2)c1. The summed E-state index contributed by atoms with van der Waals surface area (Å²) in [7, 11) is 0. The maximum Gasteiger partial charge on any atom is 0.329 e. The summed E-state index contributed by atoms with van der Waals surface area (Å²) >= 11 is 1.51. The number of rotatable bonds is 2. The van der Waals surface area contributed by atoms with E-state index in [1.165, 1.54) is 11.3 Å². The normalized spacial score (nSPS) is 15.8. The molecule has 0 unspecified atom stereocenters. The van der Waals surface area contributed by atoms with E-state index in [-0.39, 0.29) is 12.1 Å². The molecule has 0 radical (unpaired) electrons. The van der Waals surface area contributed by atoms with Crippen LogP contribution in [0.25, 0.3) is 11.3 Å². The smallest absolute Gasteiger partial charge is 0.329 e. The molecule has 3 aliphatic heterocycles. The zero-order chi connectivity index (χ0) is 20.8. The molecule has 0 aromatic carbocycles. The maximum absolute atomic E-state index is 13.4. The van der Waals surface area contributed by atoms with E-state index < -0.39 is 0 Å². The second kappa shape index (κ2) is 7.36. The minimum Gasteiger partial charge on any atom is -0.368 e. The van der Waals surface area contributed by atoms with Crippen LogP contribution in [0, 0.1) is 20.8 Å². The Hall–Kier alpha value is -3.00. The number of pyridine rings is 2. The molecule has 3 aromatic heterocycles. The molecule has 0 spiro atoms. The zero-order valence-electron chi connectivity index (χ0n) is 17.3. The van der Waals surface area contributed by atoms with E-state index in [1.54, 1.807) is 0 Å². The van der Waals surface area contributed by atoms with Gasteiger partial charge in [-0.2, -0.15) is 0 Å². The molecule has 2 bridgehead atoms. The summed E-state index contributed by atoms with van der Waals surface area (Å²) in [5, 5.41) is 3.65. The Labute approximate surface area is 179 Å². The summed E-state index contributed by atoms with van der Waals surface area (Å²) in [4.78, 5) is 32.4. The van der Waals surface area contributed by atoms with Gasteiger partial charge in [0.15, 0.2) is 10.9 Å². The zero-order valence-corrected chi connectivity index (χ0v) is 18.2. The van der Waals surface area contributed by atoms with Gasteiger partial charge in [0.2, 0.25) is 0 Å². The third-order valence-electron chi connectivity index (χ3n) is 5.88. The number of aryl methyl sites for hydroxylation is 3. The number of aromatic nitrogens is 3. The van der Waals surface area contributed by atoms with Gasteiger partial charge in [-0.1, -0.05) is 0 Å². The molecule has 0 aliphatic carbocycles. The van der Waals surface area contributed by atoms with Crippen molar-refractivity contribution >= 4 is 34.0 Å². The standard InChI is InChI=1S/C22H24N6OS/c1-13-10-16(12-23-11-13)18-4-5-19-20(25-18)28(17-6-8-27(19)9-7-17)22(29)26-21-24-14(2)15(3)30-21/h4-5,10-12,17H,6-9H2,1-3H3,(H,24,26,29). The first-order chi connectivity index (χ1) is 14.5. The molecule has 7 nitrogen and oxygen atoms in total. The fourth-order valence-electron chi connectivity index (χ4n) is 4.20. The van der Waals surface area contributed by atoms with E-state index in [0.717, 1.165) is 64.8 Å². The highest BCUT2D eigenvalue weighted by Gasteiger charge is 2.37. The highest BCUT2D eigenvalue weighted by molar-refractivity contribution is 7.15. The van der Waals surface area contributed by atoms with E-state index in [1.807, 2.05) is 44.1 Å². The summed E-state index contributed by atoms with van der Waals surface area (Å²) < 4.78 is 0. The predicted molar refractivity (Wildman–Crippen MR) is 121 cm³/mol. The van der Waals surface area contributed by atoms with Crippen LogP contribution in [0.1, 0.15) is 29.0 Å². The fraction of sp³-hybridized carbons (Fsp3) is 0.364. The lowest BCUT2D eigenvalue weighted by Crippen LogP contribution is -2.46. The van der Waals surface area contributed by atoms with Gasteiger partial charge >= 0.3 is 6.03 Å². The Kier molecular flexibility index (Phi) is 4.66. The van der Waals surface area contributed by atoms with E-state index in [2.05, 4.69) is 32.3 Å². The molecule has 0 saturated carbocycles. The molecule has 154 valence electrons. The number of nitrogens with one attached hydrogen (secondary N) is 1. The van der Waals surface area contributed by atoms with Crippen molar-refractivity contribution in [2.24, 2.45) is 0 Å². The van der Waals surface area contributed by atoms with Crippen molar-refractivity contribution in [1.82, 2.24) is 15.0 Å². The van der Waals surface area contributed by atoms with Gasteiger partial charge in [-0.3, -0.25) is 15.2 Å². The highest BCUT2D eigenvalue weighted by Crippen LogP contribution is 2.39. The second-order valence-corrected chi connectivity index (χ2v) is 9.17. The Balaban J connectivity index is 1.56. The molecular weight excluding hydrogens is 396 g/mol. The predicted octanol–water partition coefficient (Wildman–Crippen LogP) is 4.55. The molecule has 1 N–H and O–H groups in total. The third-order valence-corrected chi connectivity index (χ3v) is 6.87. The van der Waals surface area contributed by atoms with Crippen molar-refractivity contribution in [3.63, 3.8) is 0 Å². The number of carbonyl (C=O) groups is 1. The number of urea groups is 1. The van der Waals surface area contributed by atoms with Crippen LogP contribution in [-0.4, -0.2) is 40.1 Å². The average molecular weight is 421 g/mol. The van der Waals surface area contributed by atoms with Gasteiger partial charge < -0.3 is 4.90 Å². The quantitative estimate of drug-likeness (QED) is 0.658. The van der Waals surface area contributed by atoms with Crippen molar-refractivity contribution in [2.75, 3.05) is 28.2 Å². The molecular formula is C22H24N6OS. The van der Waals surface area contributed by atoms with Crippen molar-refractivity contribution in [2.45, 2.75) is 39.7 Å². The van der Waals surface area contributed by atoms with E-state index in [4.69, 9.17) is 4.98 Å². The molecule has 2 amide bonds. The van der Waals surface area contributed by atoms with Crippen LogP contribution < -0.4 is 15.1 Å². The highest BCUT2D eigenvalue weighted by atomic mass is 32.1. The number of fused-ring (bicyclic) bond motifs is 2. The number of thiazole rings is 1. The van der Waals surface area contributed by atoms with Gasteiger partial charge in [-0.15, -0.1) is 11.3 Å². The van der Waals surface area contributed by atoms with Crippen LogP contribution in [0.4, 0.5) is 21.4 Å².